The molecule has 1 aromatic heterocycles. The number of carboxylic acids is 1. The fourth-order valence-corrected chi connectivity index (χ4v) is 1.81. The van der Waals surface area contributed by atoms with Crippen molar-refractivity contribution >= 4 is 5.97 Å². The Kier molecular flexibility index (Phi) is 4.64. The summed E-state index contributed by atoms with van der Waals surface area (Å²) in [4.78, 5) is 15.4. The van der Waals surface area contributed by atoms with E-state index in [1.54, 1.807) is 6.20 Å². The lowest BCUT2D eigenvalue weighted by Gasteiger charge is -2.14. The first kappa shape index (κ1) is 13.2. The van der Waals surface area contributed by atoms with Gasteiger partial charge in [0.25, 0.3) is 0 Å². The van der Waals surface area contributed by atoms with E-state index in [0.717, 1.165) is 11.3 Å². The van der Waals surface area contributed by atoms with E-state index in [9.17, 15) is 9.90 Å². The van der Waals surface area contributed by atoms with Crippen LogP contribution in [0.25, 0.3) is 0 Å². The van der Waals surface area contributed by atoms with Crippen molar-refractivity contribution < 1.29 is 9.90 Å². The standard InChI is InChI=1S/C15H16N2O2/c18-15(19)14(10-13-8-4-5-9-16-13)17-11-12-6-2-1-3-7-12/h1-9,14,17H,10-11H2,(H,18,19)/t14-/m0/s1. The first-order chi connectivity index (χ1) is 9.25. The van der Waals surface area contributed by atoms with Crippen LogP contribution in [0.5, 0.6) is 0 Å². The van der Waals surface area contributed by atoms with E-state index in [4.69, 9.17) is 0 Å². The smallest absolute Gasteiger partial charge is 0.321 e. The number of carbonyl (C=O) groups is 1. The van der Waals surface area contributed by atoms with E-state index in [1.165, 1.54) is 0 Å². The molecule has 0 spiro atoms. The van der Waals surface area contributed by atoms with Gasteiger partial charge in [0.15, 0.2) is 0 Å². The van der Waals surface area contributed by atoms with Gasteiger partial charge in [-0.25, -0.2) is 0 Å². The molecule has 0 aliphatic carbocycles. The van der Waals surface area contributed by atoms with Crippen LogP contribution in [0.1, 0.15) is 11.3 Å². The summed E-state index contributed by atoms with van der Waals surface area (Å²) in [6, 6.07) is 14.6. The van der Waals surface area contributed by atoms with E-state index in [-0.39, 0.29) is 0 Å². The molecule has 0 saturated carbocycles. The summed E-state index contributed by atoms with van der Waals surface area (Å²) in [5, 5.41) is 12.3. The van der Waals surface area contributed by atoms with Gasteiger partial charge in [-0.05, 0) is 17.7 Å². The largest absolute Gasteiger partial charge is 0.480 e. The van der Waals surface area contributed by atoms with Gasteiger partial charge in [0.2, 0.25) is 0 Å². The molecule has 98 valence electrons. The second kappa shape index (κ2) is 6.66. The van der Waals surface area contributed by atoms with Crippen molar-refractivity contribution in [3.05, 3.63) is 66.0 Å². The summed E-state index contributed by atoms with van der Waals surface area (Å²) in [7, 11) is 0. The Balaban J connectivity index is 1.95. The summed E-state index contributed by atoms with van der Waals surface area (Å²) in [6.45, 7) is 0.532. The number of benzene rings is 1. The average Bonchev–Trinajstić information content (AvgIpc) is 2.45. The molecule has 2 N–H and O–H groups in total. The van der Waals surface area contributed by atoms with E-state index in [0.29, 0.717) is 13.0 Å². The van der Waals surface area contributed by atoms with Crippen molar-refractivity contribution in [1.82, 2.24) is 10.3 Å². The molecule has 1 atom stereocenters. The highest BCUT2D eigenvalue weighted by molar-refractivity contribution is 5.73. The third-order valence-electron chi connectivity index (χ3n) is 2.83. The number of carboxylic acid groups (broad SMARTS) is 1. The van der Waals surface area contributed by atoms with Gasteiger partial charge in [0, 0.05) is 24.9 Å². The fraction of sp³-hybridized carbons (Fsp3) is 0.200. The van der Waals surface area contributed by atoms with Crippen LogP contribution in [0.15, 0.2) is 54.7 Å². The molecular weight excluding hydrogens is 240 g/mol. The molecule has 1 heterocycles. The number of aliphatic carboxylic acids is 1. The Bertz CT molecular complexity index is 514. The average molecular weight is 256 g/mol. The van der Waals surface area contributed by atoms with Crippen molar-refractivity contribution in [2.45, 2.75) is 19.0 Å². The summed E-state index contributed by atoms with van der Waals surface area (Å²) in [6.07, 6.45) is 2.05. The van der Waals surface area contributed by atoms with Gasteiger partial charge in [-0.1, -0.05) is 36.4 Å². The second-order valence-corrected chi connectivity index (χ2v) is 4.28. The Hall–Kier alpha value is -2.20. The van der Waals surface area contributed by atoms with E-state index >= 15 is 0 Å². The highest BCUT2D eigenvalue weighted by Gasteiger charge is 2.17. The molecule has 4 heteroatoms. The molecule has 0 amide bonds. The molecule has 0 bridgehead atoms. The number of aromatic nitrogens is 1. The molecule has 0 aliphatic rings. The quantitative estimate of drug-likeness (QED) is 0.828. The van der Waals surface area contributed by atoms with E-state index in [2.05, 4.69) is 10.3 Å². The first-order valence-electron chi connectivity index (χ1n) is 6.16. The minimum atomic E-state index is -0.860. The van der Waals surface area contributed by atoms with Crippen LogP contribution in [-0.4, -0.2) is 22.1 Å². The lowest BCUT2D eigenvalue weighted by Crippen LogP contribution is -2.38. The van der Waals surface area contributed by atoms with Crippen LogP contribution in [0, 0.1) is 0 Å². The van der Waals surface area contributed by atoms with E-state index < -0.39 is 12.0 Å². The monoisotopic (exact) mass is 256 g/mol. The summed E-state index contributed by atoms with van der Waals surface area (Å²) >= 11 is 0. The molecule has 4 nitrogen and oxygen atoms in total. The Morgan fingerprint density at radius 3 is 2.53 bits per heavy atom. The zero-order valence-electron chi connectivity index (χ0n) is 10.5. The van der Waals surface area contributed by atoms with Gasteiger partial charge >= 0.3 is 5.97 Å². The molecule has 2 aromatic rings. The fourth-order valence-electron chi connectivity index (χ4n) is 1.81. The number of hydrogen-bond acceptors (Lipinski definition) is 3. The predicted octanol–water partition coefficient (Wildman–Crippen LogP) is 1.87. The SMILES string of the molecule is O=C(O)[C@H](Cc1ccccn1)NCc1ccccc1. The maximum Gasteiger partial charge on any atom is 0.321 e. The second-order valence-electron chi connectivity index (χ2n) is 4.28. The van der Waals surface area contributed by atoms with Gasteiger partial charge < -0.3 is 5.11 Å². The Labute approximate surface area is 112 Å². The van der Waals surface area contributed by atoms with Crippen LogP contribution in [0.2, 0.25) is 0 Å². The van der Waals surface area contributed by atoms with Gasteiger partial charge in [-0.15, -0.1) is 0 Å². The van der Waals surface area contributed by atoms with Crippen molar-refractivity contribution in [1.29, 1.82) is 0 Å². The Morgan fingerprint density at radius 2 is 1.89 bits per heavy atom. The summed E-state index contributed by atoms with van der Waals surface area (Å²) < 4.78 is 0. The molecule has 0 saturated heterocycles. The van der Waals surface area contributed by atoms with Crippen LogP contribution in [-0.2, 0) is 17.8 Å². The maximum atomic E-state index is 11.2. The van der Waals surface area contributed by atoms with Crippen molar-refractivity contribution in [2.75, 3.05) is 0 Å². The highest BCUT2D eigenvalue weighted by atomic mass is 16.4. The van der Waals surface area contributed by atoms with Crippen molar-refractivity contribution in [2.24, 2.45) is 0 Å². The minimum Gasteiger partial charge on any atom is -0.480 e. The van der Waals surface area contributed by atoms with Gasteiger partial charge in [0.1, 0.15) is 6.04 Å². The van der Waals surface area contributed by atoms with Gasteiger partial charge in [0.05, 0.1) is 0 Å². The van der Waals surface area contributed by atoms with Crippen LogP contribution in [0.4, 0.5) is 0 Å². The molecule has 0 fully saturated rings. The predicted molar refractivity (Wildman–Crippen MR) is 72.6 cm³/mol. The first-order valence-corrected chi connectivity index (χ1v) is 6.16. The number of rotatable bonds is 6. The van der Waals surface area contributed by atoms with Crippen LogP contribution < -0.4 is 5.32 Å². The van der Waals surface area contributed by atoms with E-state index in [1.807, 2.05) is 48.5 Å². The zero-order chi connectivity index (χ0) is 13.5. The third-order valence-corrected chi connectivity index (χ3v) is 2.83. The molecule has 19 heavy (non-hydrogen) atoms. The molecule has 2 rings (SSSR count). The lowest BCUT2D eigenvalue weighted by molar-refractivity contribution is -0.139. The number of hydrogen-bond donors (Lipinski definition) is 2. The lowest BCUT2D eigenvalue weighted by atomic mass is 10.1. The molecule has 0 unspecified atom stereocenters. The van der Waals surface area contributed by atoms with Crippen molar-refractivity contribution in [3.63, 3.8) is 0 Å². The summed E-state index contributed by atoms with van der Waals surface area (Å²) in [5.74, 6) is -0.860. The molecule has 1 aromatic carbocycles. The molecule has 0 aliphatic heterocycles. The summed E-state index contributed by atoms with van der Waals surface area (Å²) in [5.41, 5.74) is 1.84. The maximum absolute atomic E-state index is 11.2. The number of pyridine rings is 1. The zero-order valence-corrected chi connectivity index (χ0v) is 10.5. The normalized spacial score (nSPS) is 12.0. The minimum absolute atomic E-state index is 0.378. The molecule has 0 radical (unpaired) electrons. The van der Waals surface area contributed by atoms with Crippen molar-refractivity contribution in [3.8, 4) is 0 Å². The van der Waals surface area contributed by atoms with Crippen LogP contribution >= 0.6 is 0 Å². The van der Waals surface area contributed by atoms with Gasteiger partial charge in [-0.3, -0.25) is 15.1 Å². The topological polar surface area (TPSA) is 62.2 Å². The molecular formula is C15H16N2O2. The highest BCUT2D eigenvalue weighted by Crippen LogP contribution is 2.03. The van der Waals surface area contributed by atoms with Crippen LogP contribution in [0.3, 0.4) is 0 Å². The number of nitrogens with zero attached hydrogens (tertiary/aromatic N) is 1. The third kappa shape index (κ3) is 4.19. The Morgan fingerprint density at radius 1 is 1.16 bits per heavy atom. The number of nitrogens with one attached hydrogen (secondary N) is 1. The van der Waals surface area contributed by atoms with Gasteiger partial charge in [-0.2, -0.15) is 0 Å².